The van der Waals surface area contributed by atoms with Crippen molar-refractivity contribution in [1.82, 2.24) is 10.6 Å². The zero-order chi connectivity index (χ0) is 20.1. The van der Waals surface area contributed by atoms with Crippen molar-refractivity contribution in [3.8, 4) is 0 Å². The van der Waals surface area contributed by atoms with E-state index in [4.69, 9.17) is 4.12 Å². The molecule has 0 aliphatic heterocycles. The predicted molar refractivity (Wildman–Crippen MR) is 120 cm³/mol. The van der Waals surface area contributed by atoms with E-state index in [9.17, 15) is 0 Å². The third-order valence-corrected chi connectivity index (χ3v) is 11.7. The van der Waals surface area contributed by atoms with Crippen molar-refractivity contribution in [3.05, 3.63) is 0 Å². The minimum absolute atomic E-state index is 0.191. The molecule has 0 saturated carbocycles. The first kappa shape index (κ1) is 25.3. The molecule has 5 heteroatoms. The molecule has 0 aromatic rings. The lowest BCUT2D eigenvalue weighted by Crippen LogP contribution is -2.48. The highest BCUT2D eigenvalue weighted by molar-refractivity contribution is 6.84. The summed E-state index contributed by atoms with van der Waals surface area (Å²) >= 11 is 0. The van der Waals surface area contributed by atoms with Gasteiger partial charge >= 0.3 is 0 Å². The summed E-state index contributed by atoms with van der Waals surface area (Å²) in [6.45, 7) is 27.7. The summed E-state index contributed by atoms with van der Waals surface area (Å²) in [5.41, 5.74) is 0.381. The molecule has 0 saturated heterocycles. The van der Waals surface area contributed by atoms with Gasteiger partial charge in [-0.15, -0.1) is 0 Å². The van der Waals surface area contributed by atoms with Gasteiger partial charge in [0.2, 0.25) is 0 Å². The maximum atomic E-state index is 6.81. The lowest BCUT2D eigenvalue weighted by atomic mass is 10.1. The first-order valence-corrected chi connectivity index (χ1v) is 16.4. The van der Waals surface area contributed by atoms with Crippen LogP contribution in [0.3, 0.4) is 0 Å². The molecule has 0 aliphatic rings. The monoisotopic (exact) mass is 388 g/mol. The summed E-state index contributed by atoms with van der Waals surface area (Å²) in [5.74, 6) is 0. The fraction of sp³-hybridized carbons (Fsp3) is 1.00. The molecule has 0 aromatic carbocycles. The lowest BCUT2D eigenvalue weighted by molar-refractivity contribution is 0.361. The van der Waals surface area contributed by atoms with Gasteiger partial charge in [-0.3, -0.25) is 0 Å². The van der Waals surface area contributed by atoms with Gasteiger partial charge in [0.1, 0.15) is 0 Å². The Morgan fingerprint density at radius 1 is 0.680 bits per heavy atom. The van der Waals surface area contributed by atoms with Crippen LogP contribution in [-0.4, -0.2) is 39.8 Å². The van der Waals surface area contributed by atoms with Gasteiger partial charge in [-0.05, 0) is 107 Å². The second-order valence-corrected chi connectivity index (χ2v) is 20.1. The van der Waals surface area contributed by atoms with Crippen molar-refractivity contribution in [1.29, 1.82) is 0 Å². The molecule has 0 aliphatic carbocycles. The standard InChI is InChI=1S/C20H48N2OSi2/c1-17(21-19(3,4)5)13-15-24(9,10)23-25(11,12)16-14-18(2)22-20(6,7)8/h17-18,21-22H,13-16H2,1-12H3. The average molecular weight is 389 g/mol. The van der Waals surface area contributed by atoms with Gasteiger partial charge in [-0.25, -0.2) is 0 Å². The highest BCUT2D eigenvalue weighted by Gasteiger charge is 2.33. The molecule has 0 amide bonds. The van der Waals surface area contributed by atoms with Crippen LogP contribution in [0.4, 0.5) is 0 Å². The van der Waals surface area contributed by atoms with Crippen molar-refractivity contribution in [3.63, 3.8) is 0 Å². The Labute approximate surface area is 161 Å². The first-order chi connectivity index (χ1) is 10.9. The summed E-state index contributed by atoms with van der Waals surface area (Å²) in [4.78, 5) is 0. The normalized spacial score (nSPS) is 16.8. The van der Waals surface area contributed by atoms with Crippen LogP contribution in [-0.2, 0) is 4.12 Å². The van der Waals surface area contributed by atoms with Crippen LogP contribution in [0, 0.1) is 0 Å². The van der Waals surface area contributed by atoms with Gasteiger partial charge in [0, 0.05) is 23.2 Å². The Hall–Kier alpha value is 0.314. The van der Waals surface area contributed by atoms with Crippen molar-refractivity contribution < 1.29 is 4.12 Å². The Balaban J connectivity index is 4.40. The summed E-state index contributed by atoms with van der Waals surface area (Å²) in [6.07, 6.45) is 2.42. The Morgan fingerprint density at radius 3 is 1.20 bits per heavy atom. The molecule has 0 heterocycles. The van der Waals surface area contributed by atoms with Gasteiger partial charge in [0.15, 0.2) is 16.6 Å². The van der Waals surface area contributed by atoms with E-state index in [0.717, 1.165) is 0 Å². The lowest BCUT2D eigenvalue weighted by Gasteiger charge is -2.36. The van der Waals surface area contributed by atoms with Gasteiger partial charge in [0.05, 0.1) is 0 Å². The molecule has 0 fully saturated rings. The second-order valence-electron chi connectivity index (χ2n) is 11.3. The maximum absolute atomic E-state index is 6.81. The van der Waals surface area contributed by atoms with Crippen molar-refractivity contribution >= 4 is 16.6 Å². The average Bonchev–Trinajstić information content (AvgIpc) is 2.29. The molecule has 0 radical (unpaired) electrons. The van der Waals surface area contributed by atoms with E-state index in [2.05, 4.69) is 92.2 Å². The maximum Gasteiger partial charge on any atom is 0.173 e. The number of nitrogens with one attached hydrogen (secondary N) is 2. The van der Waals surface area contributed by atoms with E-state index in [1.807, 2.05) is 0 Å². The zero-order valence-corrected chi connectivity index (χ0v) is 21.4. The summed E-state index contributed by atoms with van der Waals surface area (Å²) in [6, 6.07) is 3.58. The Kier molecular flexibility index (Phi) is 9.61. The number of rotatable bonds is 10. The summed E-state index contributed by atoms with van der Waals surface area (Å²) < 4.78 is 6.81. The highest BCUT2D eigenvalue weighted by Crippen LogP contribution is 2.25. The summed E-state index contributed by atoms with van der Waals surface area (Å²) in [7, 11) is -3.19. The molecule has 2 N–H and O–H groups in total. The molecule has 25 heavy (non-hydrogen) atoms. The van der Waals surface area contributed by atoms with E-state index < -0.39 is 16.6 Å². The van der Waals surface area contributed by atoms with Gasteiger partial charge in [-0.2, -0.15) is 0 Å². The molecule has 3 nitrogen and oxygen atoms in total. The third kappa shape index (κ3) is 15.1. The molecule has 0 spiro atoms. The number of hydrogen-bond acceptors (Lipinski definition) is 3. The summed E-state index contributed by atoms with van der Waals surface area (Å²) in [5, 5.41) is 7.37. The molecule has 0 bridgehead atoms. The molecular formula is C20H48N2OSi2. The SMILES string of the molecule is CC(CC[Si](C)(C)O[Si](C)(C)CCC(C)NC(C)(C)C)NC(C)(C)C. The van der Waals surface area contributed by atoms with E-state index in [1.54, 1.807) is 0 Å². The highest BCUT2D eigenvalue weighted by atomic mass is 28.4. The van der Waals surface area contributed by atoms with Crippen LogP contribution in [0.25, 0.3) is 0 Å². The van der Waals surface area contributed by atoms with Crippen LogP contribution in [0.15, 0.2) is 0 Å². The van der Waals surface area contributed by atoms with Crippen molar-refractivity contribution in [2.24, 2.45) is 0 Å². The Morgan fingerprint density at radius 2 is 0.960 bits per heavy atom. The smallest absolute Gasteiger partial charge is 0.173 e. The molecule has 2 unspecified atom stereocenters. The van der Waals surface area contributed by atoms with Crippen molar-refractivity contribution in [2.75, 3.05) is 0 Å². The van der Waals surface area contributed by atoms with Crippen LogP contribution in [0.1, 0.15) is 68.2 Å². The van der Waals surface area contributed by atoms with Crippen LogP contribution in [0.5, 0.6) is 0 Å². The van der Waals surface area contributed by atoms with E-state index in [-0.39, 0.29) is 11.1 Å². The van der Waals surface area contributed by atoms with Gasteiger partial charge < -0.3 is 14.7 Å². The van der Waals surface area contributed by atoms with Crippen LogP contribution in [0.2, 0.25) is 38.3 Å². The topological polar surface area (TPSA) is 33.3 Å². The minimum Gasteiger partial charge on any atom is -0.455 e. The quantitative estimate of drug-likeness (QED) is 0.468. The van der Waals surface area contributed by atoms with Crippen molar-refractivity contribution in [2.45, 2.75) is 130 Å². The first-order valence-electron chi connectivity index (χ1n) is 10.2. The van der Waals surface area contributed by atoms with Crippen LogP contribution < -0.4 is 10.6 Å². The van der Waals surface area contributed by atoms with E-state index in [0.29, 0.717) is 12.1 Å². The third-order valence-electron chi connectivity index (χ3n) is 4.27. The van der Waals surface area contributed by atoms with Crippen LogP contribution >= 0.6 is 0 Å². The molecular weight excluding hydrogens is 340 g/mol. The zero-order valence-electron chi connectivity index (χ0n) is 19.4. The minimum atomic E-state index is -1.59. The molecule has 2 atom stereocenters. The fourth-order valence-electron chi connectivity index (χ4n) is 3.60. The Bertz CT molecular complexity index is 348. The fourth-order valence-corrected chi connectivity index (χ4v) is 12.7. The molecule has 0 rings (SSSR count). The van der Waals surface area contributed by atoms with Gasteiger partial charge in [-0.1, -0.05) is 0 Å². The predicted octanol–water partition coefficient (Wildman–Crippen LogP) is 5.75. The van der Waals surface area contributed by atoms with E-state index >= 15 is 0 Å². The molecule has 152 valence electrons. The number of hydrogen-bond donors (Lipinski definition) is 2. The molecule has 0 aromatic heterocycles. The van der Waals surface area contributed by atoms with Gasteiger partial charge in [0.25, 0.3) is 0 Å². The largest absolute Gasteiger partial charge is 0.455 e. The second kappa shape index (κ2) is 9.49. The van der Waals surface area contributed by atoms with E-state index in [1.165, 1.54) is 24.9 Å².